The van der Waals surface area contributed by atoms with E-state index in [0.29, 0.717) is 13.2 Å². The number of nitrogens with zero attached hydrogens (tertiary/aromatic N) is 1. The molecule has 2 aliphatic rings. The van der Waals surface area contributed by atoms with Gasteiger partial charge in [-0.25, -0.2) is 0 Å². The highest BCUT2D eigenvalue weighted by molar-refractivity contribution is 5.78. The lowest BCUT2D eigenvalue weighted by Crippen LogP contribution is -2.15. The number of ether oxygens (including phenoxy) is 2. The third-order valence-electron chi connectivity index (χ3n) is 5.65. The highest BCUT2D eigenvalue weighted by atomic mass is 16.5. The lowest BCUT2D eigenvalue weighted by molar-refractivity contribution is 0.316. The van der Waals surface area contributed by atoms with E-state index >= 15 is 0 Å². The van der Waals surface area contributed by atoms with Crippen molar-refractivity contribution >= 4 is 16.8 Å². The number of hydrogen-bond donors (Lipinski definition) is 0. The minimum Gasteiger partial charge on any atom is -0.493 e. The lowest BCUT2D eigenvalue weighted by atomic mass is 9.99. The normalized spacial score (nSPS) is 17.6. The molecule has 0 atom stereocenters. The van der Waals surface area contributed by atoms with Crippen LogP contribution in [-0.4, -0.2) is 13.2 Å². The summed E-state index contributed by atoms with van der Waals surface area (Å²) in [5.41, 5.74) is 7.32. The second-order valence-electron chi connectivity index (χ2n) is 7.74. The van der Waals surface area contributed by atoms with Crippen molar-refractivity contribution in [2.24, 2.45) is 0 Å². The van der Waals surface area contributed by atoms with E-state index in [4.69, 9.17) is 9.47 Å². The highest BCUT2D eigenvalue weighted by Gasteiger charge is 2.18. The standard InChI is InChI=1S/C27H25NO2/c1-20-10-12-23(13-11-20)28(18-21-14-16-29-26-8-4-2-6-24(21)26)19-22-15-17-30-27-9-5-3-7-25(22)27/h2-13,18-19H,14-17H2,1H3. The second kappa shape index (κ2) is 8.11. The number of rotatable bonds is 3. The predicted octanol–water partition coefficient (Wildman–Crippen LogP) is 6.45. The molecule has 30 heavy (non-hydrogen) atoms. The Kier molecular flexibility index (Phi) is 5.02. The molecule has 150 valence electrons. The van der Waals surface area contributed by atoms with Crippen molar-refractivity contribution in [3.8, 4) is 11.5 Å². The first-order chi connectivity index (χ1) is 14.8. The quantitative estimate of drug-likeness (QED) is 0.509. The molecule has 5 rings (SSSR count). The third-order valence-corrected chi connectivity index (χ3v) is 5.65. The van der Waals surface area contributed by atoms with E-state index in [2.05, 4.69) is 72.8 Å². The van der Waals surface area contributed by atoms with Gasteiger partial charge < -0.3 is 14.4 Å². The summed E-state index contributed by atoms with van der Waals surface area (Å²) < 4.78 is 11.7. The van der Waals surface area contributed by atoms with Crippen LogP contribution in [-0.2, 0) is 0 Å². The van der Waals surface area contributed by atoms with E-state index in [1.807, 2.05) is 24.3 Å². The molecule has 0 N–H and O–H groups in total. The van der Waals surface area contributed by atoms with Gasteiger partial charge in [0.15, 0.2) is 0 Å². The van der Waals surface area contributed by atoms with Crippen LogP contribution >= 0.6 is 0 Å². The van der Waals surface area contributed by atoms with Gasteiger partial charge >= 0.3 is 0 Å². The molecule has 0 aromatic heterocycles. The second-order valence-corrected chi connectivity index (χ2v) is 7.74. The maximum absolute atomic E-state index is 5.86. The van der Waals surface area contributed by atoms with Crippen molar-refractivity contribution in [2.75, 3.05) is 18.1 Å². The number of hydrogen-bond acceptors (Lipinski definition) is 3. The van der Waals surface area contributed by atoms with E-state index in [1.54, 1.807) is 0 Å². The first kappa shape index (κ1) is 18.6. The van der Waals surface area contributed by atoms with Gasteiger partial charge in [0.2, 0.25) is 0 Å². The zero-order valence-electron chi connectivity index (χ0n) is 17.2. The van der Waals surface area contributed by atoms with Gasteiger partial charge in [-0.15, -0.1) is 0 Å². The fourth-order valence-electron chi connectivity index (χ4n) is 4.03. The molecule has 0 aliphatic carbocycles. The smallest absolute Gasteiger partial charge is 0.126 e. The van der Waals surface area contributed by atoms with Crippen molar-refractivity contribution in [2.45, 2.75) is 19.8 Å². The molecule has 0 radical (unpaired) electrons. The molecule has 3 aromatic rings. The van der Waals surface area contributed by atoms with E-state index in [-0.39, 0.29) is 0 Å². The van der Waals surface area contributed by atoms with Crippen LogP contribution in [0.1, 0.15) is 29.5 Å². The topological polar surface area (TPSA) is 21.7 Å². The zero-order valence-corrected chi connectivity index (χ0v) is 17.2. The van der Waals surface area contributed by atoms with Crippen LogP contribution in [0.25, 0.3) is 11.1 Å². The average Bonchev–Trinajstić information content (AvgIpc) is 2.80. The number of para-hydroxylation sites is 2. The van der Waals surface area contributed by atoms with Crippen molar-refractivity contribution < 1.29 is 9.47 Å². The summed E-state index contributed by atoms with van der Waals surface area (Å²) in [4.78, 5) is 2.26. The van der Waals surface area contributed by atoms with Gasteiger partial charge in [-0.3, -0.25) is 0 Å². The summed E-state index contributed by atoms with van der Waals surface area (Å²) in [7, 11) is 0. The summed E-state index contributed by atoms with van der Waals surface area (Å²) in [6.45, 7) is 3.53. The van der Waals surface area contributed by atoms with Crippen LogP contribution in [0.4, 0.5) is 5.69 Å². The largest absolute Gasteiger partial charge is 0.493 e. The zero-order chi connectivity index (χ0) is 20.3. The minimum atomic E-state index is 0.706. The van der Waals surface area contributed by atoms with Gasteiger partial charge in [0.25, 0.3) is 0 Å². The van der Waals surface area contributed by atoms with Gasteiger partial charge in [0.05, 0.1) is 13.2 Å². The highest BCUT2D eigenvalue weighted by Crippen LogP contribution is 2.36. The first-order valence-corrected chi connectivity index (χ1v) is 10.5. The van der Waals surface area contributed by atoms with Crippen LogP contribution in [0.3, 0.4) is 0 Å². The SMILES string of the molecule is Cc1ccc(N(C=C2CCOc3ccccc32)C=C2CCOc3ccccc32)cc1. The Labute approximate surface area is 177 Å². The Morgan fingerprint density at radius 1 is 0.667 bits per heavy atom. The molecule has 0 bridgehead atoms. The number of anilines is 1. The Morgan fingerprint density at radius 2 is 1.17 bits per heavy atom. The van der Waals surface area contributed by atoms with Crippen LogP contribution in [0.2, 0.25) is 0 Å². The molecular formula is C27H25NO2. The van der Waals surface area contributed by atoms with E-state index in [1.165, 1.54) is 27.8 Å². The Balaban J connectivity index is 1.61. The fraction of sp³-hybridized carbons (Fsp3) is 0.185. The molecule has 0 saturated heterocycles. The van der Waals surface area contributed by atoms with Gasteiger partial charge in [-0.05, 0) is 42.3 Å². The summed E-state index contributed by atoms with van der Waals surface area (Å²) in [6, 6.07) is 25.3. The van der Waals surface area contributed by atoms with Crippen LogP contribution < -0.4 is 14.4 Å². The molecule has 0 amide bonds. The van der Waals surface area contributed by atoms with Crippen molar-refractivity contribution in [3.63, 3.8) is 0 Å². The molecule has 0 spiro atoms. The summed E-state index contributed by atoms with van der Waals surface area (Å²) in [6.07, 6.45) is 6.30. The Hall–Kier alpha value is -3.46. The van der Waals surface area contributed by atoms with Gasteiger partial charge in [0.1, 0.15) is 11.5 Å². The van der Waals surface area contributed by atoms with E-state index < -0.39 is 0 Å². The molecule has 3 heteroatoms. The number of benzene rings is 3. The molecule has 0 unspecified atom stereocenters. The van der Waals surface area contributed by atoms with E-state index in [0.717, 1.165) is 30.0 Å². The van der Waals surface area contributed by atoms with Crippen molar-refractivity contribution in [1.29, 1.82) is 0 Å². The van der Waals surface area contributed by atoms with Gasteiger partial charge in [0, 0.05) is 42.1 Å². The number of fused-ring (bicyclic) bond motifs is 2. The van der Waals surface area contributed by atoms with Crippen LogP contribution in [0.5, 0.6) is 11.5 Å². The first-order valence-electron chi connectivity index (χ1n) is 10.5. The summed E-state index contributed by atoms with van der Waals surface area (Å²) in [5.74, 6) is 1.92. The van der Waals surface area contributed by atoms with Crippen LogP contribution in [0.15, 0.2) is 85.2 Å². The molecule has 0 saturated carbocycles. The Morgan fingerprint density at radius 3 is 1.70 bits per heavy atom. The molecule has 2 aliphatic heterocycles. The number of aryl methyl sites for hydroxylation is 1. The summed E-state index contributed by atoms with van der Waals surface area (Å²) in [5, 5.41) is 0. The van der Waals surface area contributed by atoms with Gasteiger partial charge in [-0.1, -0.05) is 54.1 Å². The average molecular weight is 396 g/mol. The molecular weight excluding hydrogens is 370 g/mol. The monoisotopic (exact) mass is 395 g/mol. The Bertz CT molecular complexity index is 1040. The van der Waals surface area contributed by atoms with Crippen molar-refractivity contribution in [1.82, 2.24) is 0 Å². The fourth-order valence-corrected chi connectivity index (χ4v) is 4.03. The lowest BCUT2D eigenvalue weighted by Gasteiger charge is -2.26. The minimum absolute atomic E-state index is 0.706. The third kappa shape index (κ3) is 3.71. The van der Waals surface area contributed by atoms with Gasteiger partial charge in [-0.2, -0.15) is 0 Å². The predicted molar refractivity (Wildman–Crippen MR) is 123 cm³/mol. The van der Waals surface area contributed by atoms with Crippen molar-refractivity contribution in [3.05, 3.63) is 102 Å². The molecule has 0 fully saturated rings. The maximum Gasteiger partial charge on any atom is 0.126 e. The molecule has 3 nitrogen and oxygen atoms in total. The molecule has 3 aromatic carbocycles. The van der Waals surface area contributed by atoms with Crippen LogP contribution in [0, 0.1) is 6.92 Å². The summed E-state index contributed by atoms with van der Waals surface area (Å²) >= 11 is 0. The molecule has 2 heterocycles. The maximum atomic E-state index is 5.86. The van der Waals surface area contributed by atoms with E-state index in [9.17, 15) is 0 Å².